The molecule has 0 aliphatic carbocycles. The third kappa shape index (κ3) is 3.64. The summed E-state index contributed by atoms with van der Waals surface area (Å²) in [5, 5.41) is 0. The lowest BCUT2D eigenvalue weighted by Gasteiger charge is -2.33. The summed E-state index contributed by atoms with van der Waals surface area (Å²) in [6.45, 7) is 0.970. The monoisotopic (exact) mass is 267 g/mol. The van der Waals surface area contributed by atoms with Gasteiger partial charge in [0, 0.05) is 18.7 Å². The van der Waals surface area contributed by atoms with Crippen LogP contribution >= 0.6 is 0 Å². The first-order chi connectivity index (χ1) is 9.20. The summed E-state index contributed by atoms with van der Waals surface area (Å²) in [5.41, 5.74) is 6.14. The molecule has 1 unspecified atom stereocenters. The Kier molecular flexibility index (Phi) is 4.68. The molecule has 104 valence electrons. The van der Waals surface area contributed by atoms with E-state index in [2.05, 4.69) is 4.98 Å². The van der Waals surface area contributed by atoms with E-state index in [0.717, 1.165) is 0 Å². The molecule has 2 rings (SSSR count). The molecular formula is C13H18FN3O2. The first-order valence-corrected chi connectivity index (χ1v) is 6.36. The maximum atomic E-state index is 13.7. The van der Waals surface area contributed by atoms with Crippen molar-refractivity contribution in [3.63, 3.8) is 0 Å². The van der Waals surface area contributed by atoms with E-state index < -0.39 is 12.3 Å². The number of carbonyl (C=O) groups excluding carboxylic acids is 1. The summed E-state index contributed by atoms with van der Waals surface area (Å²) in [5.74, 6) is -0.153. The van der Waals surface area contributed by atoms with Gasteiger partial charge in [0.15, 0.2) is 0 Å². The molecule has 2 N–H and O–H groups in total. The van der Waals surface area contributed by atoms with Crippen molar-refractivity contribution in [2.45, 2.75) is 19.2 Å². The van der Waals surface area contributed by atoms with Gasteiger partial charge >= 0.3 is 6.09 Å². The second kappa shape index (κ2) is 6.47. The Bertz CT molecular complexity index is 416. The summed E-state index contributed by atoms with van der Waals surface area (Å²) < 4.78 is 18.8. The van der Waals surface area contributed by atoms with E-state index in [1.165, 1.54) is 4.90 Å². The van der Waals surface area contributed by atoms with Gasteiger partial charge in [-0.2, -0.15) is 0 Å². The number of ether oxygens (including phenoxy) is 1. The molecule has 2 heterocycles. The fourth-order valence-corrected chi connectivity index (χ4v) is 2.10. The quantitative estimate of drug-likeness (QED) is 0.897. The Morgan fingerprint density at radius 1 is 1.58 bits per heavy atom. The zero-order valence-electron chi connectivity index (χ0n) is 10.7. The number of hydrogen-bond acceptors (Lipinski definition) is 4. The highest BCUT2D eigenvalue weighted by Crippen LogP contribution is 2.20. The van der Waals surface area contributed by atoms with E-state index in [9.17, 15) is 9.18 Å². The molecule has 6 heteroatoms. The molecule has 5 nitrogen and oxygen atoms in total. The summed E-state index contributed by atoms with van der Waals surface area (Å²) in [7, 11) is 0. The molecule has 0 spiro atoms. The van der Waals surface area contributed by atoms with Crippen LogP contribution < -0.4 is 5.73 Å². The predicted octanol–water partition coefficient (Wildman–Crippen LogP) is 1.34. The largest absolute Gasteiger partial charge is 0.443 e. The molecule has 1 amide bonds. The number of alkyl halides is 1. The molecule has 1 aromatic rings. The van der Waals surface area contributed by atoms with Gasteiger partial charge in [0.25, 0.3) is 0 Å². The Balaban J connectivity index is 1.81. The highest BCUT2D eigenvalue weighted by Gasteiger charge is 2.31. The fraction of sp³-hybridized carbons (Fsp3) is 0.538. The van der Waals surface area contributed by atoms with Gasteiger partial charge in [0.2, 0.25) is 0 Å². The maximum absolute atomic E-state index is 13.7. The first-order valence-electron chi connectivity index (χ1n) is 6.36. The summed E-state index contributed by atoms with van der Waals surface area (Å²) in [6.07, 6.45) is 0.647. The van der Waals surface area contributed by atoms with Crippen LogP contribution in [0.3, 0.4) is 0 Å². The number of nitrogens with zero attached hydrogens (tertiary/aromatic N) is 2. The van der Waals surface area contributed by atoms with E-state index in [1.54, 1.807) is 18.3 Å². The van der Waals surface area contributed by atoms with Crippen molar-refractivity contribution in [3.05, 3.63) is 30.1 Å². The Hall–Kier alpha value is -1.69. The molecular weight excluding hydrogens is 249 g/mol. The number of rotatable bonds is 3. The zero-order chi connectivity index (χ0) is 13.7. The first kappa shape index (κ1) is 13.7. The minimum Gasteiger partial charge on any atom is -0.443 e. The van der Waals surface area contributed by atoms with Gasteiger partial charge in [-0.1, -0.05) is 6.07 Å². The highest BCUT2D eigenvalue weighted by molar-refractivity contribution is 5.67. The lowest BCUT2D eigenvalue weighted by molar-refractivity contribution is 0.0530. The molecule has 1 aliphatic rings. The molecule has 0 aromatic carbocycles. The molecule has 1 aromatic heterocycles. The van der Waals surface area contributed by atoms with Crippen LogP contribution in [0.1, 0.15) is 12.1 Å². The Morgan fingerprint density at radius 2 is 2.42 bits per heavy atom. The third-order valence-corrected chi connectivity index (χ3v) is 3.31. The average Bonchev–Trinajstić information content (AvgIpc) is 2.45. The zero-order valence-corrected chi connectivity index (χ0v) is 10.7. The molecule has 1 fully saturated rings. The standard InChI is InChI=1S/C13H18FN3O2/c14-12-8-17(6-4-10(12)7-15)13(18)19-9-11-3-1-2-5-16-11/h1-3,5,10,12H,4,6-9,15H2/t10-,12?/m1/s1. The normalized spacial score (nSPS) is 23.2. The third-order valence-electron chi connectivity index (χ3n) is 3.31. The summed E-state index contributed by atoms with van der Waals surface area (Å²) in [6, 6.07) is 5.38. The van der Waals surface area contributed by atoms with E-state index in [-0.39, 0.29) is 19.1 Å². The van der Waals surface area contributed by atoms with Crippen molar-refractivity contribution in [1.82, 2.24) is 9.88 Å². The van der Waals surface area contributed by atoms with Crippen LogP contribution in [0.25, 0.3) is 0 Å². The van der Waals surface area contributed by atoms with Gasteiger partial charge in [-0.05, 0) is 25.1 Å². The SMILES string of the molecule is NC[C@H]1CCN(C(=O)OCc2ccccn2)CC1F. The van der Waals surface area contributed by atoms with Crippen molar-refractivity contribution in [3.8, 4) is 0 Å². The van der Waals surface area contributed by atoms with Crippen LogP contribution in [0, 0.1) is 5.92 Å². The number of hydrogen-bond donors (Lipinski definition) is 1. The van der Waals surface area contributed by atoms with E-state index >= 15 is 0 Å². The predicted molar refractivity (Wildman–Crippen MR) is 68.1 cm³/mol. The number of pyridine rings is 1. The maximum Gasteiger partial charge on any atom is 0.410 e. The lowest BCUT2D eigenvalue weighted by Crippen LogP contribution is -2.47. The lowest BCUT2D eigenvalue weighted by atomic mass is 9.95. The fourth-order valence-electron chi connectivity index (χ4n) is 2.10. The number of piperidine rings is 1. The van der Waals surface area contributed by atoms with Crippen LogP contribution in [0.5, 0.6) is 0 Å². The Labute approximate surface area is 111 Å². The van der Waals surface area contributed by atoms with Crippen LogP contribution in [-0.2, 0) is 11.3 Å². The van der Waals surface area contributed by atoms with E-state index in [0.29, 0.717) is 25.2 Å². The van der Waals surface area contributed by atoms with Crippen LogP contribution in [0.4, 0.5) is 9.18 Å². The minimum atomic E-state index is -1.07. The van der Waals surface area contributed by atoms with Crippen molar-refractivity contribution in [2.75, 3.05) is 19.6 Å². The molecule has 19 heavy (non-hydrogen) atoms. The van der Waals surface area contributed by atoms with Gasteiger partial charge < -0.3 is 15.4 Å². The van der Waals surface area contributed by atoms with Crippen molar-refractivity contribution < 1.29 is 13.9 Å². The molecule has 0 bridgehead atoms. The summed E-state index contributed by atoms with van der Waals surface area (Å²) in [4.78, 5) is 17.2. The highest BCUT2D eigenvalue weighted by atomic mass is 19.1. The minimum absolute atomic E-state index is 0.0585. The number of carbonyl (C=O) groups is 1. The van der Waals surface area contributed by atoms with E-state index in [4.69, 9.17) is 10.5 Å². The second-order valence-corrected chi connectivity index (χ2v) is 4.62. The van der Waals surface area contributed by atoms with Gasteiger partial charge in [-0.3, -0.25) is 4.98 Å². The Morgan fingerprint density at radius 3 is 3.05 bits per heavy atom. The van der Waals surface area contributed by atoms with E-state index in [1.807, 2.05) is 6.07 Å². The topological polar surface area (TPSA) is 68.5 Å². The molecule has 0 radical (unpaired) electrons. The van der Waals surface area contributed by atoms with Crippen molar-refractivity contribution in [1.29, 1.82) is 0 Å². The molecule has 0 saturated carbocycles. The van der Waals surface area contributed by atoms with Crippen molar-refractivity contribution in [2.24, 2.45) is 11.7 Å². The number of amides is 1. The smallest absolute Gasteiger partial charge is 0.410 e. The molecule has 1 aliphatic heterocycles. The number of halogens is 1. The number of likely N-dealkylation sites (tertiary alicyclic amines) is 1. The number of nitrogens with two attached hydrogens (primary N) is 1. The number of aromatic nitrogens is 1. The van der Waals surface area contributed by atoms with Crippen LogP contribution in [0.15, 0.2) is 24.4 Å². The van der Waals surface area contributed by atoms with Crippen LogP contribution in [0.2, 0.25) is 0 Å². The van der Waals surface area contributed by atoms with Gasteiger partial charge in [0.1, 0.15) is 12.8 Å². The van der Waals surface area contributed by atoms with Crippen LogP contribution in [-0.4, -0.2) is 41.8 Å². The average molecular weight is 267 g/mol. The van der Waals surface area contributed by atoms with Crippen molar-refractivity contribution >= 4 is 6.09 Å². The molecule has 1 saturated heterocycles. The molecule has 2 atom stereocenters. The van der Waals surface area contributed by atoms with Gasteiger partial charge in [-0.25, -0.2) is 9.18 Å². The van der Waals surface area contributed by atoms with Gasteiger partial charge in [0.05, 0.1) is 12.2 Å². The summed E-state index contributed by atoms with van der Waals surface area (Å²) >= 11 is 0. The second-order valence-electron chi connectivity index (χ2n) is 4.62. The van der Waals surface area contributed by atoms with Gasteiger partial charge in [-0.15, -0.1) is 0 Å².